The molecule has 1 atom stereocenters. The lowest BCUT2D eigenvalue weighted by Crippen LogP contribution is -2.17. The highest BCUT2D eigenvalue weighted by atomic mass is 28.3. The Morgan fingerprint density at radius 2 is 1.93 bits per heavy atom. The van der Waals surface area contributed by atoms with Crippen LogP contribution in [0, 0.1) is 22.8 Å². The number of methoxy groups -OCH3 is 1. The monoisotopic (exact) mass is 225 g/mol. The van der Waals surface area contributed by atoms with Crippen molar-refractivity contribution < 1.29 is 9.47 Å². The van der Waals surface area contributed by atoms with Crippen molar-refractivity contribution in [3.63, 3.8) is 0 Å². The molecule has 0 saturated carbocycles. The molecule has 0 aliphatic heterocycles. The Kier molecular flexibility index (Phi) is 7.07. The molecular formula is C11H19NO2Si. The van der Waals surface area contributed by atoms with E-state index >= 15 is 0 Å². The fraction of sp³-hybridized carbons (Fsp3) is 0.727. The van der Waals surface area contributed by atoms with Crippen LogP contribution >= 0.6 is 0 Å². The topological polar surface area (TPSA) is 42.2 Å². The molecule has 0 aromatic carbocycles. The molecular weight excluding hydrogens is 206 g/mol. The van der Waals surface area contributed by atoms with Crippen molar-refractivity contribution >= 4 is 8.07 Å². The number of hydrogen-bond donors (Lipinski definition) is 0. The Labute approximate surface area is 93.4 Å². The molecule has 0 N–H and O–H groups in total. The molecule has 0 aromatic heterocycles. The third-order valence-corrected chi connectivity index (χ3v) is 2.46. The van der Waals surface area contributed by atoms with Gasteiger partial charge in [0.25, 0.3) is 0 Å². The quantitative estimate of drug-likeness (QED) is 0.409. The molecule has 0 aromatic rings. The molecule has 0 fully saturated rings. The van der Waals surface area contributed by atoms with Gasteiger partial charge < -0.3 is 9.47 Å². The maximum absolute atomic E-state index is 8.58. The van der Waals surface area contributed by atoms with Crippen LogP contribution in [0.5, 0.6) is 0 Å². The average molecular weight is 225 g/mol. The predicted molar refractivity (Wildman–Crippen MR) is 62.7 cm³/mol. The molecule has 0 bridgehead atoms. The van der Waals surface area contributed by atoms with Gasteiger partial charge in [0.15, 0.2) is 0 Å². The number of rotatable bonds is 5. The predicted octanol–water partition coefficient (Wildman–Crippen LogP) is 2.16. The highest BCUT2D eigenvalue weighted by molar-refractivity contribution is 6.83. The van der Waals surface area contributed by atoms with Gasteiger partial charge >= 0.3 is 0 Å². The summed E-state index contributed by atoms with van der Waals surface area (Å²) < 4.78 is 10.1. The van der Waals surface area contributed by atoms with E-state index in [1.54, 1.807) is 7.11 Å². The van der Waals surface area contributed by atoms with Crippen molar-refractivity contribution in [3.8, 4) is 17.5 Å². The van der Waals surface area contributed by atoms with Crippen molar-refractivity contribution in [2.75, 3.05) is 13.9 Å². The molecule has 0 radical (unpaired) electrons. The SMILES string of the molecule is COCO[C@H](CC#N)CC#C[Si](C)(C)C. The minimum Gasteiger partial charge on any atom is -0.359 e. The van der Waals surface area contributed by atoms with E-state index in [1.165, 1.54) is 0 Å². The fourth-order valence-electron chi connectivity index (χ4n) is 0.886. The van der Waals surface area contributed by atoms with E-state index in [-0.39, 0.29) is 12.9 Å². The Hall–Kier alpha value is -0.813. The Morgan fingerprint density at radius 3 is 2.40 bits per heavy atom. The van der Waals surface area contributed by atoms with Crippen LogP contribution in [0.15, 0.2) is 0 Å². The van der Waals surface area contributed by atoms with Gasteiger partial charge in [-0.15, -0.1) is 11.5 Å². The Balaban J connectivity index is 4.05. The normalized spacial score (nSPS) is 12.5. The van der Waals surface area contributed by atoms with Gasteiger partial charge in [0.05, 0.1) is 18.6 Å². The highest BCUT2D eigenvalue weighted by Gasteiger charge is 2.09. The summed E-state index contributed by atoms with van der Waals surface area (Å²) >= 11 is 0. The first-order chi connectivity index (χ1) is 6.99. The first-order valence-corrected chi connectivity index (χ1v) is 8.47. The fourth-order valence-corrected chi connectivity index (χ4v) is 1.52. The Bertz CT molecular complexity index is 267. The van der Waals surface area contributed by atoms with Crippen LogP contribution in [0.1, 0.15) is 12.8 Å². The smallest absolute Gasteiger partial charge is 0.146 e. The van der Waals surface area contributed by atoms with Crippen LogP contribution in [-0.2, 0) is 9.47 Å². The highest BCUT2D eigenvalue weighted by Crippen LogP contribution is 2.03. The summed E-state index contributed by atoms with van der Waals surface area (Å²) in [6.07, 6.45) is 0.851. The van der Waals surface area contributed by atoms with Gasteiger partial charge in [-0.25, -0.2) is 0 Å². The number of hydrogen-bond acceptors (Lipinski definition) is 3. The summed E-state index contributed by atoms with van der Waals surface area (Å²) in [6, 6.07) is 2.09. The van der Waals surface area contributed by atoms with Crippen LogP contribution in [-0.4, -0.2) is 28.1 Å². The second-order valence-corrected chi connectivity index (χ2v) is 9.06. The molecule has 0 rings (SSSR count). The molecule has 0 aliphatic rings. The molecule has 3 nitrogen and oxygen atoms in total. The zero-order valence-corrected chi connectivity index (χ0v) is 11.0. The van der Waals surface area contributed by atoms with E-state index < -0.39 is 8.07 Å². The second-order valence-electron chi connectivity index (χ2n) is 4.31. The summed E-state index contributed by atoms with van der Waals surface area (Å²) in [6.45, 7) is 6.79. The summed E-state index contributed by atoms with van der Waals surface area (Å²) in [5, 5.41) is 8.58. The molecule has 15 heavy (non-hydrogen) atoms. The lowest BCUT2D eigenvalue weighted by Gasteiger charge is -2.11. The third-order valence-electron chi connectivity index (χ3n) is 1.53. The standard InChI is InChI=1S/C11H19NO2Si/c1-13-10-14-11(7-8-12)6-5-9-15(2,3)4/h11H,6-7,10H2,1-4H3/t11-/m0/s1. The molecule has 0 aliphatic carbocycles. The zero-order chi connectivity index (χ0) is 11.7. The van der Waals surface area contributed by atoms with Crippen molar-refractivity contribution in [3.05, 3.63) is 0 Å². The Morgan fingerprint density at radius 1 is 1.27 bits per heavy atom. The van der Waals surface area contributed by atoms with Gasteiger partial charge in [-0.05, 0) is 0 Å². The number of ether oxygens (including phenoxy) is 2. The summed E-state index contributed by atoms with van der Waals surface area (Å²) in [7, 11) is 0.258. The lowest BCUT2D eigenvalue weighted by atomic mass is 10.2. The first kappa shape index (κ1) is 14.2. The molecule has 0 spiro atoms. The van der Waals surface area contributed by atoms with Crippen LogP contribution < -0.4 is 0 Å². The van der Waals surface area contributed by atoms with Gasteiger partial charge in [0.2, 0.25) is 0 Å². The van der Waals surface area contributed by atoms with Gasteiger partial charge in [-0.3, -0.25) is 0 Å². The van der Waals surface area contributed by atoms with Gasteiger partial charge in [0, 0.05) is 13.5 Å². The molecule has 0 amide bonds. The largest absolute Gasteiger partial charge is 0.359 e. The number of nitrogens with zero attached hydrogens (tertiary/aromatic N) is 1. The summed E-state index contributed by atoms with van der Waals surface area (Å²) in [4.78, 5) is 0. The third kappa shape index (κ3) is 9.49. The molecule has 84 valence electrons. The average Bonchev–Trinajstić information content (AvgIpc) is 2.12. The van der Waals surface area contributed by atoms with Crippen LogP contribution in [0.2, 0.25) is 19.6 Å². The number of nitriles is 1. The van der Waals surface area contributed by atoms with E-state index in [2.05, 4.69) is 37.2 Å². The minimum atomic E-state index is -1.31. The lowest BCUT2D eigenvalue weighted by molar-refractivity contribution is -0.0678. The van der Waals surface area contributed by atoms with Gasteiger partial charge in [-0.1, -0.05) is 19.6 Å². The van der Waals surface area contributed by atoms with Gasteiger partial charge in [0.1, 0.15) is 14.9 Å². The van der Waals surface area contributed by atoms with Crippen LogP contribution in [0.25, 0.3) is 0 Å². The summed E-state index contributed by atoms with van der Waals surface area (Å²) in [5.41, 5.74) is 3.25. The van der Waals surface area contributed by atoms with E-state index in [0.29, 0.717) is 12.8 Å². The summed E-state index contributed by atoms with van der Waals surface area (Å²) in [5.74, 6) is 3.10. The van der Waals surface area contributed by atoms with Crippen molar-refractivity contribution in [1.29, 1.82) is 5.26 Å². The maximum Gasteiger partial charge on any atom is 0.146 e. The van der Waals surface area contributed by atoms with E-state index in [9.17, 15) is 0 Å². The van der Waals surface area contributed by atoms with Crippen molar-refractivity contribution in [2.24, 2.45) is 0 Å². The van der Waals surface area contributed by atoms with E-state index in [0.717, 1.165) is 0 Å². The first-order valence-electron chi connectivity index (χ1n) is 4.97. The van der Waals surface area contributed by atoms with Gasteiger partial charge in [-0.2, -0.15) is 5.26 Å². The molecule has 0 saturated heterocycles. The van der Waals surface area contributed by atoms with Crippen LogP contribution in [0.4, 0.5) is 0 Å². The second kappa shape index (κ2) is 7.47. The minimum absolute atomic E-state index is 0.126. The van der Waals surface area contributed by atoms with Crippen molar-refractivity contribution in [2.45, 2.75) is 38.6 Å². The molecule has 4 heteroatoms. The van der Waals surface area contributed by atoms with Crippen molar-refractivity contribution in [1.82, 2.24) is 0 Å². The maximum atomic E-state index is 8.58. The van der Waals surface area contributed by atoms with E-state index in [4.69, 9.17) is 14.7 Å². The molecule has 0 unspecified atom stereocenters. The zero-order valence-electron chi connectivity index (χ0n) is 9.96. The van der Waals surface area contributed by atoms with E-state index in [1.807, 2.05) is 0 Å². The van der Waals surface area contributed by atoms with Crippen LogP contribution in [0.3, 0.4) is 0 Å². The molecule has 0 heterocycles.